The van der Waals surface area contributed by atoms with Gasteiger partial charge in [0.2, 0.25) is 0 Å². The van der Waals surface area contributed by atoms with E-state index in [2.05, 4.69) is 24.1 Å². The smallest absolute Gasteiger partial charge is 0.129 e. The van der Waals surface area contributed by atoms with Crippen LogP contribution in [0, 0.1) is 0 Å². The van der Waals surface area contributed by atoms with E-state index in [1.54, 1.807) is 6.20 Å². The van der Waals surface area contributed by atoms with Crippen LogP contribution in [-0.4, -0.2) is 18.1 Å². The molecule has 0 saturated carbocycles. The highest BCUT2D eigenvalue weighted by Gasteiger charge is 1.96. The average molecular weight is 208 g/mol. The van der Waals surface area contributed by atoms with E-state index in [-0.39, 0.29) is 0 Å². The molecule has 3 nitrogen and oxygen atoms in total. The van der Waals surface area contributed by atoms with E-state index in [1.807, 2.05) is 12.1 Å². The van der Waals surface area contributed by atoms with E-state index >= 15 is 0 Å². The summed E-state index contributed by atoms with van der Waals surface area (Å²) in [6.45, 7) is 5.92. The van der Waals surface area contributed by atoms with Gasteiger partial charge in [-0.2, -0.15) is 0 Å². The first-order chi connectivity index (χ1) is 7.36. The largest absolute Gasteiger partial charge is 0.493 e. The molecule has 3 heteroatoms. The van der Waals surface area contributed by atoms with E-state index in [9.17, 15) is 0 Å². The molecule has 0 saturated heterocycles. The molecule has 0 aliphatic rings. The molecule has 0 aliphatic carbocycles. The molecular weight excluding hydrogens is 188 g/mol. The monoisotopic (exact) mass is 208 g/mol. The number of aromatic nitrogens is 1. The molecule has 84 valence electrons. The normalized spacial score (nSPS) is 10.0. The fourth-order valence-corrected chi connectivity index (χ4v) is 1.32. The van der Waals surface area contributed by atoms with Crippen molar-refractivity contribution in [1.29, 1.82) is 0 Å². The minimum absolute atomic E-state index is 0.795. The van der Waals surface area contributed by atoms with Crippen molar-refractivity contribution in [3.8, 4) is 5.75 Å². The predicted molar refractivity (Wildman–Crippen MR) is 63.4 cm³/mol. The van der Waals surface area contributed by atoms with Crippen LogP contribution in [0.25, 0.3) is 0 Å². The quantitative estimate of drug-likeness (QED) is 0.699. The maximum Gasteiger partial charge on any atom is 0.129 e. The summed E-state index contributed by atoms with van der Waals surface area (Å²) >= 11 is 0. The molecule has 0 bridgehead atoms. The van der Waals surface area contributed by atoms with Gasteiger partial charge in [-0.05, 0) is 19.4 Å². The van der Waals surface area contributed by atoms with Gasteiger partial charge in [0, 0.05) is 18.8 Å². The SMILES string of the molecule is CCCCCOc1ccnc(NCC)c1. The van der Waals surface area contributed by atoms with E-state index in [0.717, 1.165) is 31.1 Å². The van der Waals surface area contributed by atoms with Crippen LogP contribution in [0.1, 0.15) is 33.1 Å². The van der Waals surface area contributed by atoms with Crippen molar-refractivity contribution >= 4 is 5.82 Å². The molecular formula is C12H20N2O. The zero-order chi connectivity index (χ0) is 10.9. The van der Waals surface area contributed by atoms with Gasteiger partial charge in [-0.25, -0.2) is 4.98 Å². The molecule has 1 rings (SSSR count). The Morgan fingerprint density at radius 1 is 1.33 bits per heavy atom. The van der Waals surface area contributed by atoms with Crippen LogP contribution in [0.3, 0.4) is 0 Å². The summed E-state index contributed by atoms with van der Waals surface area (Å²) < 4.78 is 5.62. The molecule has 15 heavy (non-hydrogen) atoms. The van der Waals surface area contributed by atoms with E-state index in [0.29, 0.717) is 0 Å². The van der Waals surface area contributed by atoms with Crippen LogP contribution in [0.2, 0.25) is 0 Å². The minimum Gasteiger partial charge on any atom is -0.493 e. The van der Waals surface area contributed by atoms with Crippen molar-refractivity contribution < 1.29 is 4.74 Å². The van der Waals surface area contributed by atoms with Crippen molar-refractivity contribution in [3.05, 3.63) is 18.3 Å². The van der Waals surface area contributed by atoms with Gasteiger partial charge in [0.05, 0.1) is 6.61 Å². The van der Waals surface area contributed by atoms with Crippen LogP contribution in [0.5, 0.6) is 5.75 Å². The lowest BCUT2D eigenvalue weighted by atomic mass is 10.3. The summed E-state index contributed by atoms with van der Waals surface area (Å²) in [5, 5.41) is 3.16. The molecule has 0 amide bonds. The summed E-state index contributed by atoms with van der Waals surface area (Å²) in [7, 11) is 0. The van der Waals surface area contributed by atoms with Crippen molar-refractivity contribution in [2.24, 2.45) is 0 Å². The van der Waals surface area contributed by atoms with E-state index < -0.39 is 0 Å². The third-order valence-corrected chi connectivity index (χ3v) is 2.11. The van der Waals surface area contributed by atoms with Crippen LogP contribution < -0.4 is 10.1 Å². The Morgan fingerprint density at radius 2 is 2.20 bits per heavy atom. The maximum absolute atomic E-state index is 5.62. The minimum atomic E-state index is 0.795. The summed E-state index contributed by atoms with van der Waals surface area (Å²) in [5.74, 6) is 1.78. The average Bonchev–Trinajstić information content (AvgIpc) is 2.26. The van der Waals surface area contributed by atoms with Crippen molar-refractivity contribution in [2.45, 2.75) is 33.1 Å². The lowest BCUT2D eigenvalue weighted by Gasteiger charge is -2.07. The molecule has 0 atom stereocenters. The Bertz CT molecular complexity index is 276. The van der Waals surface area contributed by atoms with Gasteiger partial charge < -0.3 is 10.1 Å². The van der Waals surface area contributed by atoms with Gasteiger partial charge in [-0.1, -0.05) is 19.8 Å². The zero-order valence-electron chi connectivity index (χ0n) is 9.62. The molecule has 1 aromatic heterocycles. The summed E-state index contributed by atoms with van der Waals surface area (Å²) in [5.41, 5.74) is 0. The second-order valence-corrected chi connectivity index (χ2v) is 3.46. The number of anilines is 1. The topological polar surface area (TPSA) is 34.1 Å². The Labute approximate surface area is 91.9 Å². The second kappa shape index (κ2) is 7.10. The molecule has 0 unspecified atom stereocenters. The number of unbranched alkanes of at least 4 members (excludes halogenated alkanes) is 2. The highest BCUT2D eigenvalue weighted by Crippen LogP contribution is 2.14. The molecule has 0 radical (unpaired) electrons. The Morgan fingerprint density at radius 3 is 2.93 bits per heavy atom. The fraction of sp³-hybridized carbons (Fsp3) is 0.583. The van der Waals surface area contributed by atoms with Crippen LogP contribution in [0.15, 0.2) is 18.3 Å². The molecule has 1 aromatic rings. The standard InChI is InChI=1S/C12H20N2O/c1-3-5-6-9-15-11-7-8-14-12(10-11)13-4-2/h7-8,10H,3-6,9H2,1-2H3,(H,13,14). The molecule has 1 heterocycles. The zero-order valence-corrected chi connectivity index (χ0v) is 9.62. The lowest BCUT2D eigenvalue weighted by Crippen LogP contribution is -2.01. The van der Waals surface area contributed by atoms with E-state index in [1.165, 1.54) is 12.8 Å². The summed E-state index contributed by atoms with van der Waals surface area (Å²) in [6, 6.07) is 3.84. The number of ether oxygens (including phenoxy) is 1. The number of nitrogens with one attached hydrogen (secondary N) is 1. The molecule has 0 aromatic carbocycles. The Hall–Kier alpha value is -1.25. The molecule has 1 N–H and O–H groups in total. The number of rotatable bonds is 7. The van der Waals surface area contributed by atoms with Crippen molar-refractivity contribution in [1.82, 2.24) is 4.98 Å². The lowest BCUT2D eigenvalue weighted by molar-refractivity contribution is 0.306. The van der Waals surface area contributed by atoms with Crippen molar-refractivity contribution in [3.63, 3.8) is 0 Å². The highest BCUT2D eigenvalue weighted by atomic mass is 16.5. The van der Waals surface area contributed by atoms with E-state index in [4.69, 9.17) is 4.74 Å². The molecule has 0 fully saturated rings. The predicted octanol–water partition coefficient (Wildman–Crippen LogP) is 3.08. The second-order valence-electron chi connectivity index (χ2n) is 3.46. The van der Waals surface area contributed by atoms with Gasteiger partial charge in [-0.3, -0.25) is 0 Å². The Balaban J connectivity index is 2.36. The Kier molecular flexibility index (Phi) is 5.59. The first-order valence-corrected chi connectivity index (χ1v) is 5.69. The summed E-state index contributed by atoms with van der Waals surface area (Å²) in [6.07, 6.45) is 5.34. The van der Waals surface area contributed by atoms with Gasteiger partial charge in [0.15, 0.2) is 0 Å². The van der Waals surface area contributed by atoms with Gasteiger partial charge >= 0.3 is 0 Å². The van der Waals surface area contributed by atoms with Gasteiger partial charge in [0.1, 0.15) is 11.6 Å². The van der Waals surface area contributed by atoms with Crippen LogP contribution >= 0.6 is 0 Å². The number of nitrogens with zero attached hydrogens (tertiary/aromatic N) is 1. The maximum atomic E-state index is 5.62. The number of hydrogen-bond acceptors (Lipinski definition) is 3. The first kappa shape index (κ1) is 11.8. The highest BCUT2D eigenvalue weighted by molar-refractivity contribution is 5.40. The fourth-order valence-electron chi connectivity index (χ4n) is 1.32. The molecule has 0 spiro atoms. The van der Waals surface area contributed by atoms with Crippen LogP contribution in [0.4, 0.5) is 5.82 Å². The number of hydrogen-bond donors (Lipinski definition) is 1. The third-order valence-electron chi connectivity index (χ3n) is 2.11. The van der Waals surface area contributed by atoms with Crippen LogP contribution in [-0.2, 0) is 0 Å². The number of pyridine rings is 1. The molecule has 0 aliphatic heterocycles. The van der Waals surface area contributed by atoms with Gasteiger partial charge in [-0.15, -0.1) is 0 Å². The first-order valence-electron chi connectivity index (χ1n) is 5.69. The summed E-state index contributed by atoms with van der Waals surface area (Å²) in [4.78, 5) is 4.18. The van der Waals surface area contributed by atoms with Crippen molar-refractivity contribution in [2.75, 3.05) is 18.5 Å². The van der Waals surface area contributed by atoms with Gasteiger partial charge in [0.25, 0.3) is 0 Å². The third kappa shape index (κ3) is 4.68.